The molecule has 0 unspecified atom stereocenters. The van der Waals surface area contributed by atoms with Gasteiger partial charge in [-0.25, -0.2) is 0 Å². The van der Waals surface area contributed by atoms with Crippen molar-refractivity contribution in [3.63, 3.8) is 0 Å². The molecular formula is C23H16O6. The fourth-order valence-corrected chi connectivity index (χ4v) is 3.22. The van der Waals surface area contributed by atoms with Crippen LogP contribution in [0.3, 0.4) is 0 Å². The number of aromatic hydroxyl groups is 2. The highest BCUT2D eigenvalue weighted by atomic mass is 16.5. The number of aldehydes is 1. The van der Waals surface area contributed by atoms with Gasteiger partial charge in [-0.05, 0) is 29.8 Å². The molecule has 0 aliphatic rings. The number of hydrogen-bond acceptors (Lipinski definition) is 6. The topological polar surface area (TPSA) is 97.0 Å². The number of fused-ring (bicyclic) bond motifs is 1. The van der Waals surface area contributed by atoms with E-state index in [1.165, 1.54) is 31.4 Å². The number of carbonyl (C=O) groups excluding carboxylic acids is 1. The van der Waals surface area contributed by atoms with Crippen molar-refractivity contribution >= 4 is 17.3 Å². The molecule has 0 amide bonds. The molecule has 0 aliphatic carbocycles. The third kappa shape index (κ3) is 3.21. The maximum absolute atomic E-state index is 12.8. The lowest BCUT2D eigenvalue weighted by atomic mass is 9.99. The Balaban J connectivity index is 2.06. The van der Waals surface area contributed by atoms with Crippen LogP contribution in [-0.2, 0) is 0 Å². The molecule has 6 nitrogen and oxygen atoms in total. The van der Waals surface area contributed by atoms with Crippen molar-refractivity contribution in [2.45, 2.75) is 0 Å². The minimum Gasteiger partial charge on any atom is -0.508 e. The van der Waals surface area contributed by atoms with Crippen LogP contribution in [-0.4, -0.2) is 23.6 Å². The Bertz CT molecular complexity index is 1270. The Hall–Kier alpha value is -4.06. The second kappa shape index (κ2) is 7.16. The number of methoxy groups -OCH3 is 1. The van der Waals surface area contributed by atoms with Gasteiger partial charge < -0.3 is 19.4 Å². The summed E-state index contributed by atoms with van der Waals surface area (Å²) in [7, 11) is 1.45. The van der Waals surface area contributed by atoms with E-state index in [-0.39, 0.29) is 28.2 Å². The van der Waals surface area contributed by atoms with Gasteiger partial charge in [-0.3, -0.25) is 9.59 Å². The molecule has 1 heterocycles. The van der Waals surface area contributed by atoms with Crippen molar-refractivity contribution < 1.29 is 24.2 Å². The quantitative estimate of drug-likeness (QED) is 0.504. The third-order valence-electron chi connectivity index (χ3n) is 4.65. The fourth-order valence-electron chi connectivity index (χ4n) is 3.22. The molecule has 144 valence electrons. The van der Waals surface area contributed by atoms with Gasteiger partial charge in [0.25, 0.3) is 0 Å². The van der Waals surface area contributed by atoms with Crippen LogP contribution in [0.25, 0.3) is 33.4 Å². The SMILES string of the molecule is COc1cc(O)c2c(=O)cc(-c3ccc(O)cc3)oc2c1-c1ccc(C=O)cc1. The highest BCUT2D eigenvalue weighted by Gasteiger charge is 2.20. The monoisotopic (exact) mass is 388 g/mol. The summed E-state index contributed by atoms with van der Waals surface area (Å²) in [5, 5.41) is 19.9. The van der Waals surface area contributed by atoms with Gasteiger partial charge >= 0.3 is 0 Å². The number of hydrogen-bond donors (Lipinski definition) is 2. The molecule has 0 saturated carbocycles. The van der Waals surface area contributed by atoms with Crippen LogP contribution in [0, 0.1) is 0 Å². The van der Waals surface area contributed by atoms with Gasteiger partial charge in [-0.15, -0.1) is 0 Å². The summed E-state index contributed by atoms with van der Waals surface area (Å²) in [5.74, 6) is 0.434. The lowest BCUT2D eigenvalue weighted by molar-refractivity contribution is 0.112. The summed E-state index contributed by atoms with van der Waals surface area (Å²) >= 11 is 0. The average molecular weight is 388 g/mol. The lowest BCUT2D eigenvalue weighted by Crippen LogP contribution is -2.03. The Morgan fingerprint density at radius 3 is 2.21 bits per heavy atom. The predicted octanol–water partition coefficient (Wildman–Crippen LogP) is 4.36. The first-order valence-electron chi connectivity index (χ1n) is 8.74. The summed E-state index contributed by atoms with van der Waals surface area (Å²) in [6, 6.07) is 15.6. The van der Waals surface area contributed by atoms with Gasteiger partial charge in [-0.1, -0.05) is 24.3 Å². The summed E-state index contributed by atoms with van der Waals surface area (Å²) in [5.41, 5.74) is 1.98. The van der Waals surface area contributed by atoms with E-state index in [0.717, 1.165) is 6.29 Å². The van der Waals surface area contributed by atoms with Crippen molar-refractivity contribution in [3.05, 3.63) is 76.5 Å². The minimum absolute atomic E-state index is 0.0304. The molecule has 0 bridgehead atoms. The second-order valence-electron chi connectivity index (χ2n) is 6.44. The molecule has 4 aromatic rings. The third-order valence-corrected chi connectivity index (χ3v) is 4.65. The Morgan fingerprint density at radius 1 is 0.931 bits per heavy atom. The van der Waals surface area contributed by atoms with Crippen molar-refractivity contribution in [2.24, 2.45) is 0 Å². The molecular weight excluding hydrogens is 372 g/mol. The molecule has 29 heavy (non-hydrogen) atoms. The highest BCUT2D eigenvalue weighted by molar-refractivity contribution is 6.00. The van der Waals surface area contributed by atoms with E-state index in [9.17, 15) is 19.8 Å². The summed E-state index contributed by atoms with van der Waals surface area (Å²) < 4.78 is 11.5. The van der Waals surface area contributed by atoms with E-state index < -0.39 is 5.43 Å². The summed E-state index contributed by atoms with van der Waals surface area (Å²) in [6.07, 6.45) is 0.735. The fraction of sp³-hybridized carbons (Fsp3) is 0.0435. The van der Waals surface area contributed by atoms with E-state index in [1.807, 2.05) is 0 Å². The number of rotatable bonds is 4. The normalized spacial score (nSPS) is 10.8. The first-order chi connectivity index (χ1) is 14.0. The van der Waals surface area contributed by atoms with E-state index in [4.69, 9.17) is 9.15 Å². The molecule has 0 saturated heterocycles. The number of benzene rings is 3. The van der Waals surface area contributed by atoms with Crippen LogP contribution >= 0.6 is 0 Å². The van der Waals surface area contributed by atoms with Gasteiger partial charge in [0, 0.05) is 23.3 Å². The van der Waals surface area contributed by atoms with Crippen LogP contribution in [0.5, 0.6) is 17.2 Å². The Morgan fingerprint density at radius 2 is 1.59 bits per heavy atom. The van der Waals surface area contributed by atoms with Crippen LogP contribution in [0.1, 0.15) is 10.4 Å². The summed E-state index contributed by atoms with van der Waals surface area (Å²) in [6.45, 7) is 0. The average Bonchev–Trinajstić information content (AvgIpc) is 2.73. The standard InChI is InChI=1S/C23H16O6/c1-28-20-11-18(27)22-17(26)10-19(14-6-8-16(25)9-7-14)29-23(22)21(20)15-4-2-13(12-24)3-5-15/h2-12,25,27H,1H3. The molecule has 6 heteroatoms. The maximum Gasteiger partial charge on any atom is 0.197 e. The molecule has 0 spiro atoms. The molecule has 3 aromatic carbocycles. The van der Waals surface area contributed by atoms with Gasteiger partial charge in [0.15, 0.2) is 11.0 Å². The van der Waals surface area contributed by atoms with Gasteiger partial charge in [0.1, 0.15) is 34.7 Å². The predicted molar refractivity (Wildman–Crippen MR) is 109 cm³/mol. The number of ether oxygens (including phenoxy) is 1. The first kappa shape index (κ1) is 18.3. The van der Waals surface area contributed by atoms with Crippen LogP contribution in [0.2, 0.25) is 0 Å². The van der Waals surface area contributed by atoms with Crippen molar-refractivity contribution in [1.29, 1.82) is 0 Å². The van der Waals surface area contributed by atoms with Crippen molar-refractivity contribution in [3.8, 4) is 39.7 Å². The maximum atomic E-state index is 12.8. The number of phenolic OH excluding ortho intramolecular Hbond substituents is 2. The zero-order valence-corrected chi connectivity index (χ0v) is 15.4. The van der Waals surface area contributed by atoms with Crippen LogP contribution in [0.15, 0.2) is 69.9 Å². The number of phenols is 2. The van der Waals surface area contributed by atoms with Crippen molar-refractivity contribution in [1.82, 2.24) is 0 Å². The first-order valence-corrected chi connectivity index (χ1v) is 8.74. The van der Waals surface area contributed by atoms with Gasteiger partial charge in [0.2, 0.25) is 0 Å². The van der Waals surface area contributed by atoms with Gasteiger partial charge in [0.05, 0.1) is 12.7 Å². The zero-order chi connectivity index (χ0) is 20.5. The highest BCUT2D eigenvalue weighted by Crippen LogP contribution is 2.41. The molecule has 0 fully saturated rings. The Labute approximate surface area is 165 Å². The molecule has 4 rings (SSSR count). The van der Waals surface area contributed by atoms with Crippen molar-refractivity contribution in [2.75, 3.05) is 7.11 Å². The van der Waals surface area contributed by atoms with Gasteiger partial charge in [-0.2, -0.15) is 0 Å². The minimum atomic E-state index is -0.416. The van der Waals surface area contributed by atoms with E-state index in [2.05, 4.69) is 0 Å². The molecule has 0 radical (unpaired) electrons. The van der Waals surface area contributed by atoms with Crippen LogP contribution < -0.4 is 10.2 Å². The summed E-state index contributed by atoms with van der Waals surface area (Å²) in [4.78, 5) is 23.8. The Kier molecular flexibility index (Phi) is 4.52. The molecule has 0 aliphatic heterocycles. The molecule has 0 atom stereocenters. The lowest BCUT2D eigenvalue weighted by Gasteiger charge is -2.14. The molecule has 2 N–H and O–H groups in total. The second-order valence-corrected chi connectivity index (χ2v) is 6.44. The largest absolute Gasteiger partial charge is 0.508 e. The van der Waals surface area contributed by atoms with Crippen LogP contribution in [0.4, 0.5) is 0 Å². The van der Waals surface area contributed by atoms with E-state index in [1.54, 1.807) is 36.4 Å². The molecule has 1 aromatic heterocycles. The zero-order valence-electron chi connectivity index (χ0n) is 15.4. The smallest absolute Gasteiger partial charge is 0.197 e. The number of carbonyl (C=O) groups is 1. The van der Waals surface area contributed by atoms with E-state index >= 15 is 0 Å². The van der Waals surface area contributed by atoms with E-state index in [0.29, 0.717) is 28.0 Å².